The van der Waals surface area contributed by atoms with Crippen molar-refractivity contribution in [3.05, 3.63) is 29.8 Å². The summed E-state index contributed by atoms with van der Waals surface area (Å²) < 4.78 is 5.22. The number of halogens is 1. The first kappa shape index (κ1) is 18.2. The first-order valence-corrected chi connectivity index (χ1v) is 5.91. The molecule has 1 aromatic rings. The number of nitrogens with two attached hydrogens (primary N) is 1. The van der Waals surface area contributed by atoms with Gasteiger partial charge in [0.15, 0.2) is 0 Å². The van der Waals surface area contributed by atoms with Gasteiger partial charge < -0.3 is 20.7 Å². The summed E-state index contributed by atoms with van der Waals surface area (Å²) in [6, 6.07) is 7.48. The van der Waals surface area contributed by atoms with Gasteiger partial charge in [0.25, 0.3) is 0 Å². The molecule has 112 valence electrons. The Bertz CT molecular complexity index is 454. The summed E-state index contributed by atoms with van der Waals surface area (Å²) in [5.41, 5.74) is 6.05. The van der Waals surface area contributed by atoms with Gasteiger partial charge in [0.2, 0.25) is 11.8 Å². The number of rotatable bonds is 6. The number of benzene rings is 1. The number of nitrogens with one attached hydrogen (secondary N) is 1. The topological polar surface area (TPSA) is 84.7 Å². The molecule has 0 unspecified atom stereocenters. The van der Waals surface area contributed by atoms with Crippen LogP contribution in [0, 0.1) is 0 Å². The van der Waals surface area contributed by atoms with E-state index in [0.717, 1.165) is 11.3 Å². The summed E-state index contributed by atoms with van der Waals surface area (Å²) in [4.78, 5) is 24.3. The van der Waals surface area contributed by atoms with Gasteiger partial charge in [-0.15, -0.1) is 12.4 Å². The lowest BCUT2D eigenvalue weighted by Gasteiger charge is -2.19. The van der Waals surface area contributed by atoms with E-state index in [2.05, 4.69) is 5.32 Å². The molecular weight excluding hydrogens is 282 g/mol. The molecule has 6 nitrogen and oxygen atoms in total. The number of amides is 2. The van der Waals surface area contributed by atoms with Crippen LogP contribution in [0.2, 0.25) is 0 Å². The number of methoxy groups -OCH3 is 1. The molecule has 0 saturated heterocycles. The van der Waals surface area contributed by atoms with Crippen molar-refractivity contribution in [2.45, 2.75) is 6.54 Å². The summed E-state index contributed by atoms with van der Waals surface area (Å²) in [5.74, 6) is 0.194. The van der Waals surface area contributed by atoms with Crippen LogP contribution in [0.15, 0.2) is 24.3 Å². The van der Waals surface area contributed by atoms with E-state index >= 15 is 0 Å². The maximum Gasteiger partial charge on any atom is 0.242 e. The van der Waals surface area contributed by atoms with Gasteiger partial charge in [0.05, 0.1) is 20.2 Å². The summed E-state index contributed by atoms with van der Waals surface area (Å²) in [6.07, 6.45) is 0. The number of hydrogen-bond acceptors (Lipinski definition) is 4. The van der Waals surface area contributed by atoms with Gasteiger partial charge in [-0.2, -0.15) is 0 Å². The summed E-state index contributed by atoms with van der Waals surface area (Å²) in [7, 11) is 3.26. The standard InChI is InChI=1S/C13H19N3O3.ClH/c1-16(13(18)8-15-12(17)7-14)9-10-5-3-4-6-11(10)19-2;/h3-6H,7-9,14H2,1-2H3,(H,15,17);1H. The molecule has 0 fully saturated rings. The molecule has 7 heteroatoms. The molecule has 0 aliphatic heterocycles. The Morgan fingerprint density at radius 2 is 2.00 bits per heavy atom. The minimum Gasteiger partial charge on any atom is -0.496 e. The van der Waals surface area contributed by atoms with Crippen LogP contribution < -0.4 is 15.8 Å². The fourth-order valence-corrected chi connectivity index (χ4v) is 1.56. The van der Waals surface area contributed by atoms with Crippen molar-refractivity contribution >= 4 is 24.2 Å². The lowest BCUT2D eigenvalue weighted by molar-refractivity contribution is -0.131. The van der Waals surface area contributed by atoms with Crippen LogP contribution in [0.3, 0.4) is 0 Å². The lowest BCUT2D eigenvalue weighted by atomic mass is 10.2. The molecule has 2 amide bonds. The van der Waals surface area contributed by atoms with Crippen molar-refractivity contribution in [3.8, 4) is 5.75 Å². The Hall–Kier alpha value is -1.79. The molecule has 20 heavy (non-hydrogen) atoms. The monoisotopic (exact) mass is 301 g/mol. The normalized spacial score (nSPS) is 9.35. The maximum atomic E-state index is 11.8. The molecular formula is C13H20ClN3O3. The smallest absolute Gasteiger partial charge is 0.242 e. The molecule has 0 heterocycles. The van der Waals surface area contributed by atoms with E-state index in [1.807, 2.05) is 24.3 Å². The second-order valence-electron chi connectivity index (χ2n) is 4.04. The number of likely N-dealkylation sites (N-methyl/N-ethyl adjacent to an activating group) is 1. The Balaban J connectivity index is 0.00000361. The minimum atomic E-state index is -0.348. The van der Waals surface area contributed by atoms with Crippen molar-refractivity contribution in [2.24, 2.45) is 5.73 Å². The SMILES string of the molecule is COc1ccccc1CN(C)C(=O)CNC(=O)CN.Cl. The average molecular weight is 302 g/mol. The van der Waals surface area contributed by atoms with Crippen LogP contribution in [0.5, 0.6) is 5.75 Å². The highest BCUT2D eigenvalue weighted by Crippen LogP contribution is 2.18. The first-order chi connectivity index (χ1) is 9.08. The zero-order valence-electron chi connectivity index (χ0n) is 11.6. The molecule has 0 radical (unpaired) electrons. The molecule has 0 aliphatic rings. The van der Waals surface area contributed by atoms with Gasteiger partial charge >= 0.3 is 0 Å². The highest BCUT2D eigenvalue weighted by atomic mass is 35.5. The number of ether oxygens (including phenoxy) is 1. The molecule has 1 rings (SSSR count). The zero-order valence-corrected chi connectivity index (χ0v) is 12.4. The van der Waals surface area contributed by atoms with Crippen molar-refractivity contribution < 1.29 is 14.3 Å². The molecule has 0 aliphatic carbocycles. The first-order valence-electron chi connectivity index (χ1n) is 5.91. The van der Waals surface area contributed by atoms with E-state index < -0.39 is 0 Å². The van der Waals surface area contributed by atoms with Crippen molar-refractivity contribution in [2.75, 3.05) is 27.2 Å². The molecule has 0 bridgehead atoms. The van der Waals surface area contributed by atoms with Gasteiger partial charge in [-0.25, -0.2) is 0 Å². The Labute approximate surface area is 124 Å². The maximum absolute atomic E-state index is 11.8. The van der Waals surface area contributed by atoms with E-state index in [1.165, 1.54) is 4.90 Å². The molecule has 0 saturated carbocycles. The predicted molar refractivity (Wildman–Crippen MR) is 78.8 cm³/mol. The van der Waals surface area contributed by atoms with Crippen LogP contribution in [0.1, 0.15) is 5.56 Å². The molecule has 0 atom stereocenters. The van der Waals surface area contributed by atoms with Gasteiger partial charge in [-0.1, -0.05) is 18.2 Å². The minimum absolute atomic E-state index is 0. The summed E-state index contributed by atoms with van der Waals surface area (Å²) in [5, 5.41) is 2.44. The summed E-state index contributed by atoms with van der Waals surface area (Å²) in [6.45, 7) is 0.243. The Morgan fingerprint density at radius 3 is 2.60 bits per heavy atom. The van der Waals surface area contributed by atoms with E-state index in [4.69, 9.17) is 10.5 Å². The second-order valence-corrected chi connectivity index (χ2v) is 4.04. The van der Waals surface area contributed by atoms with E-state index in [1.54, 1.807) is 14.2 Å². The van der Waals surface area contributed by atoms with Crippen molar-refractivity contribution in [1.29, 1.82) is 0 Å². The van der Waals surface area contributed by atoms with Crippen molar-refractivity contribution in [3.63, 3.8) is 0 Å². The highest BCUT2D eigenvalue weighted by molar-refractivity contribution is 5.85. The van der Waals surface area contributed by atoms with Gasteiger partial charge in [-0.3, -0.25) is 9.59 Å². The third kappa shape index (κ3) is 5.46. The molecule has 1 aromatic carbocycles. The highest BCUT2D eigenvalue weighted by Gasteiger charge is 2.12. The number of para-hydroxylation sites is 1. The lowest BCUT2D eigenvalue weighted by Crippen LogP contribution is -2.40. The average Bonchev–Trinajstić information content (AvgIpc) is 2.44. The van der Waals surface area contributed by atoms with Gasteiger partial charge in [-0.05, 0) is 6.07 Å². The van der Waals surface area contributed by atoms with Crippen LogP contribution in [0.25, 0.3) is 0 Å². The van der Waals surface area contributed by atoms with Crippen molar-refractivity contribution in [1.82, 2.24) is 10.2 Å². The number of carbonyl (C=O) groups excluding carboxylic acids is 2. The quantitative estimate of drug-likeness (QED) is 0.783. The van der Waals surface area contributed by atoms with E-state index in [-0.39, 0.29) is 37.3 Å². The van der Waals surface area contributed by atoms with Gasteiger partial charge in [0, 0.05) is 19.2 Å². The Morgan fingerprint density at radius 1 is 1.35 bits per heavy atom. The largest absolute Gasteiger partial charge is 0.496 e. The Kier molecular flexibility index (Phi) is 8.35. The third-order valence-electron chi connectivity index (χ3n) is 2.65. The number of carbonyl (C=O) groups is 2. The number of nitrogens with zero attached hydrogens (tertiary/aromatic N) is 1. The van der Waals surface area contributed by atoms with Gasteiger partial charge in [0.1, 0.15) is 5.75 Å². The van der Waals surface area contributed by atoms with Crippen LogP contribution in [-0.4, -0.2) is 44.0 Å². The predicted octanol–water partition coefficient (Wildman–Crippen LogP) is 0.150. The molecule has 3 N–H and O–H groups in total. The number of hydrogen-bond donors (Lipinski definition) is 2. The van der Waals surface area contributed by atoms with E-state index in [0.29, 0.717) is 6.54 Å². The fourth-order valence-electron chi connectivity index (χ4n) is 1.56. The second kappa shape index (κ2) is 9.17. The van der Waals surface area contributed by atoms with Crippen LogP contribution >= 0.6 is 12.4 Å². The summed E-state index contributed by atoms with van der Waals surface area (Å²) >= 11 is 0. The van der Waals surface area contributed by atoms with Crippen LogP contribution in [-0.2, 0) is 16.1 Å². The molecule has 0 aromatic heterocycles. The zero-order chi connectivity index (χ0) is 14.3. The fraction of sp³-hybridized carbons (Fsp3) is 0.385. The van der Waals surface area contributed by atoms with Crippen LogP contribution in [0.4, 0.5) is 0 Å². The third-order valence-corrected chi connectivity index (χ3v) is 2.65. The van der Waals surface area contributed by atoms with E-state index in [9.17, 15) is 9.59 Å². The molecule has 0 spiro atoms.